The lowest BCUT2D eigenvalue weighted by atomic mass is 9.84. The monoisotopic (exact) mass is 226 g/mol. The van der Waals surface area contributed by atoms with E-state index in [1.807, 2.05) is 26.0 Å². The normalized spacial score (nSPS) is 11.2. The molecule has 0 aliphatic heterocycles. The predicted octanol–water partition coefficient (Wildman–Crippen LogP) is 1.87. The molecule has 1 rings (SSSR count). The van der Waals surface area contributed by atoms with Gasteiger partial charge in [0.15, 0.2) is 0 Å². The summed E-state index contributed by atoms with van der Waals surface area (Å²) >= 11 is 5.79. The zero-order chi connectivity index (χ0) is 11.5. The molecule has 0 aliphatic carbocycles. The molecule has 15 heavy (non-hydrogen) atoms. The number of hydrogen-bond donors (Lipinski definition) is 2. The highest BCUT2D eigenvalue weighted by Crippen LogP contribution is 2.24. The van der Waals surface area contributed by atoms with Crippen molar-refractivity contribution in [2.24, 2.45) is 0 Å². The van der Waals surface area contributed by atoms with Gasteiger partial charge in [0.2, 0.25) is 5.91 Å². The lowest BCUT2D eigenvalue weighted by molar-refractivity contribution is -0.126. The van der Waals surface area contributed by atoms with Gasteiger partial charge in [0.1, 0.15) is 0 Å². The van der Waals surface area contributed by atoms with Crippen molar-refractivity contribution in [3.8, 4) is 0 Å². The Balaban J connectivity index is 2.94. The summed E-state index contributed by atoms with van der Waals surface area (Å²) in [5, 5.41) is 0.670. The number of hydrazine groups is 1. The maximum absolute atomic E-state index is 11.7. The van der Waals surface area contributed by atoms with E-state index in [0.29, 0.717) is 5.02 Å². The van der Waals surface area contributed by atoms with Crippen LogP contribution in [0.4, 0.5) is 0 Å². The number of hydrogen-bond acceptors (Lipinski definition) is 2. The summed E-state index contributed by atoms with van der Waals surface area (Å²) in [6.07, 6.45) is 0. The summed E-state index contributed by atoms with van der Waals surface area (Å²) in [6.45, 7) is 3.73. The Hall–Kier alpha value is -1.06. The Morgan fingerprint density at radius 1 is 1.27 bits per heavy atom. The fourth-order valence-electron chi connectivity index (χ4n) is 1.27. The van der Waals surface area contributed by atoms with E-state index in [-0.39, 0.29) is 5.91 Å². The molecule has 0 unspecified atom stereocenters. The first-order valence-corrected chi connectivity index (χ1v) is 5.09. The van der Waals surface area contributed by atoms with Crippen molar-refractivity contribution in [3.05, 3.63) is 34.9 Å². The molecule has 0 radical (unpaired) electrons. The topological polar surface area (TPSA) is 41.1 Å². The number of carbonyl (C=O) groups is 1. The number of halogens is 1. The molecule has 2 N–H and O–H groups in total. The van der Waals surface area contributed by atoms with Gasteiger partial charge in [0.25, 0.3) is 0 Å². The number of nitrogens with one attached hydrogen (secondary N) is 2. The Kier molecular flexibility index (Phi) is 3.72. The molecule has 1 aromatic rings. The maximum atomic E-state index is 11.7. The molecule has 0 aromatic heterocycles. The second kappa shape index (κ2) is 4.64. The lowest BCUT2D eigenvalue weighted by Gasteiger charge is -2.23. The number of carbonyl (C=O) groups excluding carboxylic acids is 1. The third kappa shape index (κ3) is 2.70. The van der Waals surface area contributed by atoms with Crippen LogP contribution in [0.25, 0.3) is 0 Å². The SMILES string of the molecule is CNNC(=O)C(C)(C)c1ccc(Cl)cc1. The zero-order valence-corrected chi connectivity index (χ0v) is 9.85. The van der Waals surface area contributed by atoms with Gasteiger partial charge in [-0.2, -0.15) is 0 Å². The van der Waals surface area contributed by atoms with E-state index >= 15 is 0 Å². The van der Waals surface area contributed by atoms with Crippen molar-refractivity contribution in [2.45, 2.75) is 19.3 Å². The molecular weight excluding hydrogens is 212 g/mol. The van der Waals surface area contributed by atoms with E-state index in [0.717, 1.165) is 5.56 Å². The largest absolute Gasteiger partial charge is 0.291 e. The van der Waals surface area contributed by atoms with Crippen molar-refractivity contribution >= 4 is 17.5 Å². The molecule has 1 amide bonds. The van der Waals surface area contributed by atoms with E-state index in [1.54, 1.807) is 19.2 Å². The molecule has 0 saturated heterocycles. The van der Waals surface area contributed by atoms with E-state index in [9.17, 15) is 4.79 Å². The Morgan fingerprint density at radius 3 is 2.27 bits per heavy atom. The van der Waals surface area contributed by atoms with Crippen LogP contribution in [0.5, 0.6) is 0 Å². The predicted molar refractivity (Wildman–Crippen MR) is 61.7 cm³/mol. The first-order chi connectivity index (χ1) is 6.98. The van der Waals surface area contributed by atoms with E-state index < -0.39 is 5.41 Å². The molecule has 0 atom stereocenters. The van der Waals surface area contributed by atoms with Crippen molar-refractivity contribution in [3.63, 3.8) is 0 Å². The average Bonchev–Trinajstić information content (AvgIpc) is 2.18. The first-order valence-electron chi connectivity index (χ1n) is 4.71. The minimum absolute atomic E-state index is 0.0766. The van der Waals surface area contributed by atoms with Crippen LogP contribution in [0.15, 0.2) is 24.3 Å². The molecule has 1 aromatic carbocycles. The summed E-state index contributed by atoms with van der Waals surface area (Å²) in [7, 11) is 1.66. The van der Waals surface area contributed by atoms with Crippen LogP contribution in [0.2, 0.25) is 5.02 Å². The van der Waals surface area contributed by atoms with Gasteiger partial charge in [-0.25, -0.2) is 5.43 Å². The Labute approximate surface area is 94.8 Å². The minimum Gasteiger partial charge on any atom is -0.291 e. The molecule has 4 heteroatoms. The first kappa shape index (κ1) is 12.0. The van der Waals surface area contributed by atoms with Crippen molar-refractivity contribution in [2.75, 3.05) is 7.05 Å². The minimum atomic E-state index is -0.576. The van der Waals surface area contributed by atoms with Gasteiger partial charge in [-0.15, -0.1) is 0 Å². The fourth-order valence-corrected chi connectivity index (χ4v) is 1.39. The molecule has 0 heterocycles. The zero-order valence-electron chi connectivity index (χ0n) is 9.10. The lowest BCUT2D eigenvalue weighted by Crippen LogP contribution is -2.45. The fraction of sp³-hybridized carbons (Fsp3) is 0.364. The van der Waals surface area contributed by atoms with E-state index in [2.05, 4.69) is 10.9 Å². The summed E-state index contributed by atoms with van der Waals surface area (Å²) in [5.74, 6) is -0.0766. The van der Waals surface area contributed by atoms with Crippen molar-refractivity contribution in [1.29, 1.82) is 0 Å². The van der Waals surface area contributed by atoms with Gasteiger partial charge in [-0.3, -0.25) is 10.2 Å². The van der Waals surface area contributed by atoms with Gasteiger partial charge in [0.05, 0.1) is 5.41 Å². The summed E-state index contributed by atoms with van der Waals surface area (Å²) in [5.41, 5.74) is 5.56. The second-order valence-electron chi connectivity index (χ2n) is 3.84. The third-order valence-corrected chi connectivity index (χ3v) is 2.62. The molecule has 82 valence electrons. The van der Waals surface area contributed by atoms with Crippen molar-refractivity contribution < 1.29 is 4.79 Å². The van der Waals surface area contributed by atoms with Crippen LogP contribution >= 0.6 is 11.6 Å². The molecule has 0 aliphatic rings. The van der Waals surface area contributed by atoms with Crippen molar-refractivity contribution in [1.82, 2.24) is 10.9 Å². The highest BCUT2D eigenvalue weighted by molar-refractivity contribution is 6.30. The molecule has 0 fully saturated rings. The average molecular weight is 227 g/mol. The molecule has 0 spiro atoms. The molecule has 0 bridgehead atoms. The van der Waals surface area contributed by atoms with Gasteiger partial charge >= 0.3 is 0 Å². The van der Waals surface area contributed by atoms with Crippen LogP contribution in [0, 0.1) is 0 Å². The second-order valence-corrected chi connectivity index (χ2v) is 4.27. The number of rotatable bonds is 3. The number of amides is 1. The van der Waals surface area contributed by atoms with Crippen LogP contribution < -0.4 is 10.9 Å². The smallest absolute Gasteiger partial charge is 0.244 e. The van der Waals surface area contributed by atoms with E-state index in [4.69, 9.17) is 11.6 Å². The van der Waals surface area contributed by atoms with E-state index in [1.165, 1.54) is 0 Å². The highest BCUT2D eigenvalue weighted by atomic mass is 35.5. The van der Waals surface area contributed by atoms with Gasteiger partial charge in [-0.1, -0.05) is 23.7 Å². The molecular formula is C11H15ClN2O. The molecule has 3 nitrogen and oxygen atoms in total. The van der Waals surface area contributed by atoms with Crippen LogP contribution in [-0.2, 0) is 10.2 Å². The quantitative estimate of drug-likeness (QED) is 0.773. The maximum Gasteiger partial charge on any atom is 0.244 e. The van der Waals surface area contributed by atoms with Gasteiger partial charge in [0, 0.05) is 12.1 Å². The van der Waals surface area contributed by atoms with Crippen LogP contribution in [-0.4, -0.2) is 13.0 Å². The van der Waals surface area contributed by atoms with Gasteiger partial charge in [-0.05, 0) is 31.5 Å². The Morgan fingerprint density at radius 2 is 1.80 bits per heavy atom. The highest BCUT2D eigenvalue weighted by Gasteiger charge is 2.29. The number of benzene rings is 1. The summed E-state index contributed by atoms with van der Waals surface area (Å²) in [4.78, 5) is 11.7. The van der Waals surface area contributed by atoms with Gasteiger partial charge < -0.3 is 0 Å². The summed E-state index contributed by atoms with van der Waals surface area (Å²) in [6, 6.07) is 7.28. The standard InChI is InChI=1S/C11H15ClN2O/c1-11(2,10(15)14-13-3)8-4-6-9(12)7-5-8/h4-7,13H,1-3H3,(H,14,15). The summed E-state index contributed by atoms with van der Waals surface area (Å²) < 4.78 is 0. The Bertz CT molecular complexity index is 346. The van der Waals surface area contributed by atoms with Crippen LogP contribution in [0.1, 0.15) is 19.4 Å². The van der Waals surface area contributed by atoms with Crippen LogP contribution in [0.3, 0.4) is 0 Å². The molecule has 0 saturated carbocycles. The third-order valence-electron chi connectivity index (χ3n) is 2.37.